The summed E-state index contributed by atoms with van der Waals surface area (Å²) >= 11 is -0.412. The van der Waals surface area contributed by atoms with Crippen molar-refractivity contribution in [2.24, 2.45) is 0 Å². The van der Waals surface area contributed by atoms with E-state index in [1.54, 1.807) is 12.3 Å². The Hall–Kier alpha value is -5.69. The third kappa shape index (κ3) is 8.48. The van der Waals surface area contributed by atoms with Crippen molar-refractivity contribution in [1.29, 1.82) is 0 Å². The Bertz CT molecular complexity index is 3640. The Morgan fingerprint density at radius 3 is 2.08 bits per heavy atom. The standard InChI is InChI=1S/C45H35N2S.C15H18GeN.Ir/c1-27(2)36-23-32(29-13-6-5-7-14-29)24-37(28(3)4)43(36)47-41-20-11-10-19-40(41)46-45(47)35-18-12-17-34-39-26-38-31(25-42(39)48-44(34)35)22-21-30-15-8-9-16-33(30)38;1-12-10-15(13-8-6-5-7-9-13)17-11-14(12)16(2,3)4;/h5-17,19-28H,1-4H3;5-8,10-11H,1-4H3;/q2*-1;/i;1D3;. The molecule has 0 spiro atoms. The average molecular weight is 1120 g/mol. The molecule has 8 aromatic carbocycles. The normalized spacial score (nSPS) is 12.7. The molecule has 0 aliphatic carbocycles. The first kappa shape index (κ1) is 41.7. The number of aromatic nitrogens is 3. The molecule has 0 aliphatic rings. The first-order chi connectivity index (χ1) is 32.7. The second-order valence-electron chi connectivity index (χ2n) is 18.6. The quantitative estimate of drug-likeness (QED) is 0.0905. The van der Waals surface area contributed by atoms with Gasteiger partial charge in [0.2, 0.25) is 0 Å². The Kier molecular flexibility index (Phi) is 11.7. The van der Waals surface area contributed by atoms with Crippen LogP contribution in [-0.2, 0) is 20.1 Å². The first-order valence-electron chi connectivity index (χ1n) is 24.0. The number of aryl methyl sites for hydroxylation is 1. The minimum Gasteiger partial charge on any atom is 0 e. The summed E-state index contributed by atoms with van der Waals surface area (Å²) in [5, 5.41) is 7.67. The fourth-order valence-corrected chi connectivity index (χ4v) is 13.2. The van der Waals surface area contributed by atoms with E-state index in [1.807, 2.05) is 35.6 Å². The topological polar surface area (TPSA) is 30.7 Å². The number of hydrogen-bond acceptors (Lipinski definition) is 3. The maximum atomic E-state index is 7.78. The van der Waals surface area contributed by atoms with Crippen LogP contribution in [0.2, 0.25) is 17.3 Å². The molecule has 11 rings (SSSR count). The van der Waals surface area contributed by atoms with Gasteiger partial charge in [-0.15, -0.1) is 18.2 Å². The van der Waals surface area contributed by atoms with Gasteiger partial charge in [-0.3, -0.25) is 4.98 Å². The Morgan fingerprint density at radius 1 is 0.636 bits per heavy atom. The van der Waals surface area contributed by atoms with Gasteiger partial charge in [-0.25, -0.2) is 0 Å². The van der Waals surface area contributed by atoms with Crippen molar-refractivity contribution in [1.82, 2.24) is 14.5 Å². The Morgan fingerprint density at radius 2 is 1.35 bits per heavy atom. The predicted molar refractivity (Wildman–Crippen MR) is 283 cm³/mol. The van der Waals surface area contributed by atoms with E-state index in [1.165, 1.54) is 69.7 Å². The van der Waals surface area contributed by atoms with E-state index < -0.39 is 20.1 Å². The van der Waals surface area contributed by atoms with Crippen LogP contribution < -0.4 is 4.40 Å². The van der Waals surface area contributed by atoms with Gasteiger partial charge in [0, 0.05) is 30.5 Å². The van der Waals surface area contributed by atoms with Crippen molar-refractivity contribution >= 4 is 81.7 Å². The van der Waals surface area contributed by atoms with Gasteiger partial charge >= 0.3 is 110 Å². The van der Waals surface area contributed by atoms with Crippen molar-refractivity contribution in [2.45, 2.75) is 63.7 Å². The average Bonchev–Trinajstić information content (AvgIpc) is 3.91. The Labute approximate surface area is 413 Å². The second kappa shape index (κ2) is 18.5. The zero-order chi connectivity index (χ0) is 47.5. The smallest absolute Gasteiger partial charge is 0 e. The van der Waals surface area contributed by atoms with Crippen LogP contribution in [0.5, 0.6) is 0 Å². The number of pyridine rings is 1. The first-order valence-corrected chi connectivity index (χ1v) is 30.7. The molecule has 0 saturated carbocycles. The molecule has 66 heavy (non-hydrogen) atoms. The molecule has 0 amide bonds. The SMILES string of the molecule is CC(C)c1cc(-c2ccccc2)cc(C(C)C)c1-n1c(-c2[c-]ccc3c2sc2cc4ccc5ccccc5c4cc23)nc2ccccc21.[2H]C([2H])([2H])c1cc(-c2[c-]cccc2)nc[c]1[Ge]([CH3])([CH3])[CH3].[Ir]. The molecular weight excluding hydrogens is 1060 g/mol. The number of nitrogens with zero attached hydrogens (tertiary/aromatic N) is 3. The van der Waals surface area contributed by atoms with Gasteiger partial charge in [0.1, 0.15) is 0 Å². The molecule has 329 valence electrons. The Balaban J connectivity index is 0.000000238. The third-order valence-corrected chi connectivity index (χ3v) is 17.9. The summed E-state index contributed by atoms with van der Waals surface area (Å²) < 4.78 is 29.2. The molecule has 0 saturated heterocycles. The summed E-state index contributed by atoms with van der Waals surface area (Å²) in [7, 11) is 0. The van der Waals surface area contributed by atoms with Gasteiger partial charge in [0.15, 0.2) is 0 Å². The molecule has 0 fully saturated rings. The molecule has 0 unspecified atom stereocenters. The zero-order valence-corrected chi connectivity index (χ0v) is 43.6. The van der Waals surface area contributed by atoms with E-state index in [4.69, 9.17) is 9.10 Å². The van der Waals surface area contributed by atoms with E-state index >= 15 is 0 Å². The molecule has 6 heteroatoms. The van der Waals surface area contributed by atoms with Gasteiger partial charge in [0.25, 0.3) is 0 Å². The maximum Gasteiger partial charge on any atom is 0 e. The minimum atomic E-state index is -2.27. The van der Waals surface area contributed by atoms with Crippen molar-refractivity contribution in [3.8, 4) is 39.5 Å². The van der Waals surface area contributed by atoms with E-state index in [-0.39, 0.29) is 20.1 Å². The molecule has 3 heterocycles. The largest absolute Gasteiger partial charge is 0 e. The van der Waals surface area contributed by atoms with E-state index in [2.05, 4.69) is 194 Å². The van der Waals surface area contributed by atoms with Crippen molar-refractivity contribution in [3.63, 3.8) is 0 Å². The van der Waals surface area contributed by atoms with E-state index in [0.717, 1.165) is 32.4 Å². The fraction of sp³-hybridized carbons (Fsp3) is 0.167. The second-order valence-corrected chi connectivity index (χ2v) is 30.3. The van der Waals surface area contributed by atoms with Crippen LogP contribution >= 0.6 is 11.3 Å². The number of hydrogen-bond donors (Lipinski definition) is 0. The molecule has 11 aromatic rings. The summed E-state index contributed by atoms with van der Waals surface area (Å²) in [6.45, 7) is 7.14. The maximum absolute atomic E-state index is 7.78. The van der Waals surface area contributed by atoms with Crippen LogP contribution in [0.25, 0.3) is 92.2 Å². The van der Waals surface area contributed by atoms with Gasteiger partial charge in [-0.05, 0) is 102 Å². The van der Waals surface area contributed by atoms with E-state index in [9.17, 15) is 0 Å². The van der Waals surface area contributed by atoms with Crippen LogP contribution in [-0.4, -0.2) is 27.8 Å². The fourth-order valence-electron chi connectivity index (χ4n) is 9.20. The molecule has 0 aliphatic heterocycles. The van der Waals surface area contributed by atoms with Crippen LogP contribution in [0.15, 0.2) is 164 Å². The van der Waals surface area contributed by atoms with E-state index in [0.29, 0.717) is 23.1 Å². The summed E-state index contributed by atoms with van der Waals surface area (Å²) in [4.78, 5) is 9.85. The number of thiophene rings is 1. The van der Waals surface area contributed by atoms with Crippen LogP contribution in [0.3, 0.4) is 0 Å². The zero-order valence-electron chi connectivity index (χ0n) is 41.3. The molecular formula is C60H53GeIrN3S-2. The van der Waals surface area contributed by atoms with Crippen LogP contribution in [0.4, 0.5) is 0 Å². The van der Waals surface area contributed by atoms with Gasteiger partial charge < -0.3 is 4.57 Å². The van der Waals surface area contributed by atoms with Gasteiger partial charge in [-0.2, -0.15) is 11.3 Å². The molecule has 1 radical (unpaired) electrons. The van der Waals surface area contributed by atoms with Gasteiger partial charge in [-0.1, -0.05) is 118 Å². The van der Waals surface area contributed by atoms with Gasteiger partial charge in [0.05, 0.1) is 16.9 Å². The summed E-state index contributed by atoms with van der Waals surface area (Å²) in [6, 6.07) is 62.4. The minimum absolute atomic E-state index is 0. The monoisotopic (exact) mass is 1120 g/mol. The molecule has 3 nitrogen and oxygen atoms in total. The summed E-state index contributed by atoms with van der Waals surface area (Å²) in [6.07, 6.45) is 1.76. The van der Waals surface area contributed by atoms with Crippen molar-refractivity contribution < 1.29 is 24.2 Å². The number of rotatable bonds is 7. The van der Waals surface area contributed by atoms with Crippen molar-refractivity contribution in [2.75, 3.05) is 0 Å². The molecule has 0 atom stereocenters. The molecule has 0 N–H and O–H groups in total. The van der Waals surface area contributed by atoms with Crippen LogP contribution in [0.1, 0.15) is 60.3 Å². The number of imidazole rings is 1. The number of para-hydroxylation sites is 2. The third-order valence-electron chi connectivity index (χ3n) is 12.5. The van der Waals surface area contributed by atoms with Crippen molar-refractivity contribution in [3.05, 3.63) is 193 Å². The summed E-state index contributed by atoms with van der Waals surface area (Å²) in [5.41, 5.74) is 11.5. The van der Waals surface area contributed by atoms with Crippen LogP contribution in [0, 0.1) is 19.0 Å². The summed E-state index contributed by atoms with van der Waals surface area (Å²) in [5.74, 6) is 8.10. The molecule has 0 bridgehead atoms. The number of benzene rings is 8. The predicted octanol–water partition coefficient (Wildman–Crippen LogP) is 16.5. The molecule has 3 aromatic heterocycles. The number of fused-ring (bicyclic) bond motifs is 7.